The molecule has 3 nitrogen and oxygen atoms in total. The highest BCUT2D eigenvalue weighted by molar-refractivity contribution is 6.31. The van der Waals surface area contributed by atoms with Crippen LogP contribution in [0.4, 0.5) is 10.1 Å². The van der Waals surface area contributed by atoms with Crippen LogP contribution in [0, 0.1) is 5.82 Å². The van der Waals surface area contributed by atoms with Crippen molar-refractivity contribution in [3.63, 3.8) is 0 Å². The lowest BCUT2D eigenvalue weighted by molar-refractivity contribution is 0.414. The van der Waals surface area contributed by atoms with Crippen LogP contribution in [0.2, 0.25) is 5.02 Å². The molecule has 2 aromatic carbocycles. The zero-order valence-electron chi connectivity index (χ0n) is 11.1. The Kier molecular flexibility index (Phi) is 4.82. The second-order valence-corrected chi connectivity index (χ2v) is 4.71. The van der Waals surface area contributed by atoms with Gasteiger partial charge in [-0.05, 0) is 23.8 Å². The molecule has 0 aromatic heterocycles. The van der Waals surface area contributed by atoms with Gasteiger partial charge < -0.3 is 15.8 Å². The van der Waals surface area contributed by atoms with Crippen LogP contribution in [0.15, 0.2) is 42.5 Å². The van der Waals surface area contributed by atoms with Gasteiger partial charge in [0.2, 0.25) is 0 Å². The fraction of sp³-hybridized carbons (Fsp3) is 0.200. The summed E-state index contributed by atoms with van der Waals surface area (Å²) in [5.74, 6) is 0.208. The van der Waals surface area contributed by atoms with Crippen molar-refractivity contribution in [3.05, 3.63) is 58.9 Å². The molecule has 2 rings (SSSR count). The summed E-state index contributed by atoms with van der Waals surface area (Å²) in [6, 6.07) is 11.6. The van der Waals surface area contributed by atoms with E-state index in [-0.39, 0.29) is 11.9 Å². The second-order valence-electron chi connectivity index (χ2n) is 4.30. The van der Waals surface area contributed by atoms with Crippen molar-refractivity contribution in [2.24, 2.45) is 5.73 Å². The molecule has 0 fully saturated rings. The predicted molar refractivity (Wildman–Crippen MR) is 79.8 cm³/mol. The zero-order valence-corrected chi connectivity index (χ0v) is 11.8. The molecule has 0 radical (unpaired) electrons. The first-order valence-electron chi connectivity index (χ1n) is 6.20. The van der Waals surface area contributed by atoms with Crippen LogP contribution in [0.25, 0.3) is 0 Å². The normalized spacial score (nSPS) is 12.0. The molecule has 5 heteroatoms. The van der Waals surface area contributed by atoms with Gasteiger partial charge in [0.05, 0.1) is 18.8 Å². The Balaban J connectivity index is 2.29. The van der Waals surface area contributed by atoms with Crippen LogP contribution in [-0.2, 0) is 0 Å². The Morgan fingerprint density at radius 1 is 1.30 bits per heavy atom. The van der Waals surface area contributed by atoms with Gasteiger partial charge in [-0.1, -0.05) is 29.8 Å². The van der Waals surface area contributed by atoms with Crippen LogP contribution in [0.1, 0.15) is 11.6 Å². The maximum Gasteiger partial charge on any atom is 0.146 e. The second kappa shape index (κ2) is 6.59. The quantitative estimate of drug-likeness (QED) is 0.886. The lowest BCUT2D eigenvalue weighted by Crippen LogP contribution is -2.21. The van der Waals surface area contributed by atoms with E-state index >= 15 is 0 Å². The van der Waals surface area contributed by atoms with E-state index in [1.165, 1.54) is 13.2 Å². The van der Waals surface area contributed by atoms with E-state index in [4.69, 9.17) is 22.1 Å². The Morgan fingerprint density at radius 2 is 2.05 bits per heavy atom. The highest BCUT2D eigenvalue weighted by Crippen LogP contribution is 2.28. The Bertz CT molecular complexity index is 592. The minimum absolute atomic E-state index is 0.273. The van der Waals surface area contributed by atoms with Crippen molar-refractivity contribution in [2.45, 2.75) is 6.04 Å². The number of anilines is 1. The van der Waals surface area contributed by atoms with Crippen LogP contribution in [0.5, 0.6) is 5.75 Å². The molecular weight excluding hydrogens is 279 g/mol. The van der Waals surface area contributed by atoms with E-state index in [0.29, 0.717) is 23.0 Å². The highest BCUT2D eigenvalue weighted by atomic mass is 35.5. The number of nitrogens with one attached hydrogen (secondary N) is 1. The smallest absolute Gasteiger partial charge is 0.146 e. The maximum atomic E-state index is 13.8. The Morgan fingerprint density at radius 3 is 2.70 bits per heavy atom. The number of rotatable bonds is 5. The van der Waals surface area contributed by atoms with E-state index in [9.17, 15) is 4.39 Å². The molecule has 20 heavy (non-hydrogen) atoms. The van der Waals surface area contributed by atoms with E-state index in [1.807, 2.05) is 18.2 Å². The maximum absolute atomic E-state index is 13.8. The highest BCUT2D eigenvalue weighted by Gasteiger charge is 2.15. The average molecular weight is 295 g/mol. The summed E-state index contributed by atoms with van der Waals surface area (Å²) < 4.78 is 18.9. The van der Waals surface area contributed by atoms with Crippen molar-refractivity contribution in [3.8, 4) is 5.75 Å². The number of nitrogens with two attached hydrogens (primary N) is 1. The zero-order chi connectivity index (χ0) is 14.5. The average Bonchev–Trinajstić information content (AvgIpc) is 2.47. The third kappa shape index (κ3) is 3.21. The van der Waals surface area contributed by atoms with Crippen LogP contribution < -0.4 is 15.8 Å². The summed E-state index contributed by atoms with van der Waals surface area (Å²) >= 11 is 6.15. The first kappa shape index (κ1) is 14.6. The van der Waals surface area contributed by atoms with Crippen LogP contribution in [-0.4, -0.2) is 13.7 Å². The molecular formula is C15H16ClFN2O. The number of halogens is 2. The number of hydrogen-bond donors (Lipinski definition) is 2. The molecule has 0 bridgehead atoms. The fourth-order valence-corrected chi connectivity index (χ4v) is 2.22. The standard InChI is InChI=1S/C15H16ClFN2O/c1-20-10-6-7-13(17)14(8-10)19-15(9-18)11-4-2-3-5-12(11)16/h2-8,15,19H,9,18H2,1H3. The van der Waals surface area contributed by atoms with E-state index in [0.717, 1.165) is 5.56 Å². The largest absolute Gasteiger partial charge is 0.497 e. The first-order valence-corrected chi connectivity index (χ1v) is 6.58. The van der Waals surface area contributed by atoms with Crippen LogP contribution >= 0.6 is 11.6 Å². The summed E-state index contributed by atoms with van der Waals surface area (Å²) in [5.41, 5.74) is 6.93. The van der Waals surface area contributed by atoms with E-state index < -0.39 is 0 Å². The van der Waals surface area contributed by atoms with Gasteiger partial charge in [0.1, 0.15) is 11.6 Å². The predicted octanol–water partition coefficient (Wildman–Crippen LogP) is 3.60. The van der Waals surface area contributed by atoms with Crippen molar-refractivity contribution in [2.75, 3.05) is 19.0 Å². The molecule has 0 aliphatic rings. The summed E-state index contributed by atoms with van der Waals surface area (Å²) in [6.45, 7) is 0.292. The summed E-state index contributed by atoms with van der Waals surface area (Å²) in [7, 11) is 1.53. The van der Waals surface area contributed by atoms with Gasteiger partial charge in [0.25, 0.3) is 0 Å². The van der Waals surface area contributed by atoms with E-state index in [2.05, 4.69) is 5.32 Å². The van der Waals surface area contributed by atoms with Crippen molar-refractivity contribution in [1.29, 1.82) is 0 Å². The van der Waals surface area contributed by atoms with Gasteiger partial charge in [-0.2, -0.15) is 0 Å². The molecule has 0 aliphatic heterocycles. The molecule has 0 saturated heterocycles. The molecule has 1 atom stereocenters. The third-order valence-corrected chi connectivity index (χ3v) is 3.36. The molecule has 0 heterocycles. The summed E-state index contributed by atoms with van der Waals surface area (Å²) in [4.78, 5) is 0. The van der Waals surface area contributed by atoms with Gasteiger partial charge in [0, 0.05) is 17.6 Å². The molecule has 1 unspecified atom stereocenters. The third-order valence-electron chi connectivity index (χ3n) is 3.02. The number of hydrogen-bond acceptors (Lipinski definition) is 3. The fourth-order valence-electron chi connectivity index (χ4n) is 1.95. The van der Waals surface area contributed by atoms with Crippen LogP contribution in [0.3, 0.4) is 0 Å². The minimum Gasteiger partial charge on any atom is -0.497 e. The van der Waals surface area contributed by atoms with Crippen molar-refractivity contribution < 1.29 is 9.13 Å². The summed E-state index contributed by atoms with van der Waals surface area (Å²) in [5, 5.41) is 3.66. The molecule has 2 aromatic rings. The Hall–Kier alpha value is -1.78. The van der Waals surface area contributed by atoms with Gasteiger partial charge in [-0.3, -0.25) is 0 Å². The topological polar surface area (TPSA) is 47.3 Å². The monoisotopic (exact) mass is 294 g/mol. The lowest BCUT2D eigenvalue weighted by Gasteiger charge is -2.20. The molecule has 0 aliphatic carbocycles. The molecule has 0 saturated carbocycles. The van der Waals surface area contributed by atoms with Gasteiger partial charge in [-0.25, -0.2) is 4.39 Å². The molecule has 0 amide bonds. The minimum atomic E-state index is -0.365. The van der Waals surface area contributed by atoms with Gasteiger partial charge >= 0.3 is 0 Å². The number of benzene rings is 2. The van der Waals surface area contributed by atoms with Gasteiger partial charge in [0.15, 0.2) is 0 Å². The van der Waals surface area contributed by atoms with E-state index in [1.54, 1.807) is 18.2 Å². The molecule has 106 valence electrons. The van der Waals surface area contributed by atoms with Crippen molar-refractivity contribution >= 4 is 17.3 Å². The van der Waals surface area contributed by atoms with Gasteiger partial charge in [-0.15, -0.1) is 0 Å². The molecule has 0 spiro atoms. The SMILES string of the molecule is COc1ccc(F)c(NC(CN)c2ccccc2Cl)c1. The number of ether oxygens (including phenoxy) is 1. The Labute approximate surface area is 122 Å². The summed E-state index contributed by atoms with van der Waals surface area (Å²) in [6.07, 6.45) is 0. The van der Waals surface area contributed by atoms with Crippen molar-refractivity contribution in [1.82, 2.24) is 0 Å². The first-order chi connectivity index (χ1) is 9.65. The number of methoxy groups -OCH3 is 1. The lowest BCUT2D eigenvalue weighted by atomic mass is 10.1. The molecule has 3 N–H and O–H groups in total.